The lowest BCUT2D eigenvalue weighted by molar-refractivity contribution is 0.513. The highest BCUT2D eigenvalue weighted by Crippen LogP contribution is 2.14. The molecule has 1 atom stereocenters. The first-order valence-corrected chi connectivity index (χ1v) is 9.39. The van der Waals surface area contributed by atoms with E-state index in [1.807, 2.05) is 41.5 Å². The Kier molecular flexibility index (Phi) is 107. The molecule has 0 saturated heterocycles. The fourth-order valence-electron chi connectivity index (χ4n) is 1.22. The molecule has 1 nitrogen and oxygen atoms in total. The first-order chi connectivity index (χ1) is 9.76. The molecule has 0 amide bonds. The quantitative estimate of drug-likeness (QED) is 0.423. The molecule has 0 spiro atoms. The highest BCUT2D eigenvalue weighted by molar-refractivity contribution is 4.77. The minimum Gasteiger partial charge on any atom is -0.412 e. The van der Waals surface area contributed by atoms with Crippen LogP contribution in [0.5, 0.6) is 0 Å². The summed E-state index contributed by atoms with van der Waals surface area (Å²) in [4.78, 5) is 0. The van der Waals surface area contributed by atoms with E-state index in [4.69, 9.17) is 0 Å². The molecule has 2 N–H and O–H groups in total. The van der Waals surface area contributed by atoms with Crippen LogP contribution >= 0.6 is 0 Å². The third-order valence-electron chi connectivity index (χ3n) is 2.42. The SMILES string of the molecule is C=C[C@@H](CCC)CCCC.CC.CC.CC.CCCC.O.[HH].[HH]. The average Bonchev–Trinajstić information content (AvgIpc) is 2.57. The lowest BCUT2D eigenvalue weighted by Crippen LogP contribution is -1.94. The monoisotopic (exact) mass is 310 g/mol. The van der Waals surface area contributed by atoms with E-state index in [9.17, 15) is 0 Å². The maximum absolute atomic E-state index is 3.83. The van der Waals surface area contributed by atoms with Gasteiger partial charge >= 0.3 is 0 Å². The Balaban J connectivity index is -0.0000000248. The van der Waals surface area contributed by atoms with Gasteiger partial charge in [0, 0.05) is 2.85 Å². The molecule has 0 bridgehead atoms. The van der Waals surface area contributed by atoms with Gasteiger partial charge in [0.05, 0.1) is 0 Å². The van der Waals surface area contributed by atoms with E-state index < -0.39 is 0 Å². The number of hydrogen-bond donors (Lipinski definition) is 0. The van der Waals surface area contributed by atoms with Gasteiger partial charge in [-0.3, -0.25) is 0 Å². The van der Waals surface area contributed by atoms with Crippen molar-refractivity contribution >= 4 is 0 Å². The minimum absolute atomic E-state index is 0. The summed E-state index contributed by atoms with van der Waals surface area (Å²) in [6, 6.07) is 0. The number of allylic oxidation sites excluding steroid dienone is 1. The van der Waals surface area contributed by atoms with Crippen molar-refractivity contribution in [2.75, 3.05) is 0 Å². The van der Waals surface area contributed by atoms with Crippen LogP contribution in [0, 0.1) is 5.92 Å². The first kappa shape index (κ1) is 37.2. The lowest BCUT2D eigenvalue weighted by atomic mass is 9.98. The van der Waals surface area contributed by atoms with Gasteiger partial charge in [-0.05, 0) is 18.8 Å². The zero-order valence-corrected chi connectivity index (χ0v) is 17.3. The van der Waals surface area contributed by atoms with Gasteiger partial charge in [-0.2, -0.15) is 0 Å². The standard InChI is InChI=1S/C10H20.C4H10.3C2H6.H2O.2H2/c1-4-7-9-10(6-3)8-5-2;1-3-4-2;3*1-2;;;/h6,10H,3-5,7-9H2,1-2H3;3-4H2,1-2H3;3*1-2H3;1H2;2*1H/t10-;;;;;;;/m0......./s1. The van der Waals surface area contributed by atoms with Gasteiger partial charge in [-0.1, -0.05) is 107 Å². The fraction of sp³-hybridized carbons (Fsp3) is 0.900. The van der Waals surface area contributed by atoms with E-state index in [1.165, 1.54) is 44.9 Å². The molecule has 0 aromatic heterocycles. The van der Waals surface area contributed by atoms with Crippen LogP contribution in [0.3, 0.4) is 0 Å². The van der Waals surface area contributed by atoms with Crippen molar-refractivity contribution in [2.45, 2.75) is 114 Å². The molecule has 0 rings (SSSR count). The van der Waals surface area contributed by atoms with E-state index in [0.29, 0.717) is 0 Å². The van der Waals surface area contributed by atoms with E-state index in [0.717, 1.165) is 5.92 Å². The largest absolute Gasteiger partial charge is 0.412 e. The van der Waals surface area contributed by atoms with Gasteiger partial charge in [-0.25, -0.2) is 0 Å². The Morgan fingerprint density at radius 2 is 1.10 bits per heavy atom. The topological polar surface area (TPSA) is 31.5 Å². The van der Waals surface area contributed by atoms with E-state index >= 15 is 0 Å². The summed E-state index contributed by atoms with van der Waals surface area (Å²) in [6.45, 7) is 24.7. The van der Waals surface area contributed by atoms with Gasteiger partial charge < -0.3 is 5.48 Å². The third-order valence-corrected chi connectivity index (χ3v) is 2.42. The van der Waals surface area contributed by atoms with Gasteiger partial charge in [0.2, 0.25) is 0 Å². The molecule has 140 valence electrons. The molecule has 0 aliphatic carbocycles. The third kappa shape index (κ3) is 65.6. The minimum atomic E-state index is 0. The molecule has 0 aromatic rings. The number of unbranched alkanes of at least 4 members (excludes halogenated alkanes) is 2. The van der Waals surface area contributed by atoms with E-state index in [1.54, 1.807) is 0 Å². The van der Waals surface area contributed by atoms with E-state index in [2.05, 4.69) is 40.3 Å². The first-order valence-electron chi connectivity index (χ1n) is 9.39. The summed E-state index contributed by atoms with van der Waals surface area (Å²) < 4.78 is 0. The van der Waals surface area contributed by atoms with Crippen LogP contribution in [0.2, 0.25) is 0 Å². The Hall–Kier alpha value is -0.300. The zero-order chi connectivity index (χ0) is 17.2. The second kappa shape index (κ2) is 60.2. The summed E-state index contributed by atoms with van der Waals surface area (Å²) in [5, 5.41) is 0. The van der Waals surface area contributed by atoms with Crippen molar-refractivity contribution in [3.63, 3.8) is 0 Å². The second-order valence-corrected chi connectivity index (χ2v) is 3.93. The predicted molar refractivity (Wildman–Crippen MR) is 111 cm³/mol. The van der Waals surface area contributed by atoms with Crippen LogP contribution in [0.25, 0.3) is 0 Å². The summed E-state index contributed by atoms with van der Waals surface area (Å²) in [5.74, 6) is 0.782. The maximum atomic E-state index is 3.83. The number of rotatable bonds is 7. The van der Waals surface area contributed by atoms with Crippen molar-refractivity contribution < 1.29 is 8.33 Å². The molecule has 1 heteroatoms. The Morgan fingerprint density at radius 1 is 0.714 bits per heavy atom. The van der Waals surface area contributed by atoms with Crippen molar-refractivity contribution in [3.05, 3.63) is 12.7 Å². The van der Waals surface area contributed by atoms with Crippen LogP contribution in [0.4, 0.5) is 0 Å². The van der Waals surface area contributed by atoms with Crippen molar-refractivity contribution in [3.8, 4) is 0 Å². The molecule has 0 aromatic carbocycles. The van der Waals surface area contributed by atoms with E-state index in [-0.39, 0.29) is 8.33 Å². The molecular formula is C20H54O. The summed E-state index contributed by atoms with van der Waals surface area (Å²) in [6.07, 6.45) is 11.4. The normalized spacial score (nSPS) is 8.48. The van der Waals surface area contributed by atoms with Crippen molar-refractivity contribution in [1.29, 1.82) is 0 Å². The van der Waals surface area contributed by atoms with Crippen molar-refractivity contribution in [1.82, 2.24) is 0 Å². The summed E-state index contributed by atoms with van der Waals surface area (Å²) in [7, 11) is 0. The predicted octanol–water partition coefficient (Wildman–Crippen LogP) is 8.33. The molecule has 0 aliphatic rings. The lowest BCUT2D eigenvalue weighted by Gasteiger charge is -2.08. The molecular weight excluding hydrogens is 256 g/mol. The van der Waals surface area contributed by atoms with Gasteiger partial charge in [0.1, 0.15) is 0 Å². The smallest absolute Gasteiger partial charge is 0 e. The summed E-state index contributed by atoms with van der Waals surface area (Å²) >= 11 is 0. The zero-order valence-electron chi connectivity index (χ0n) is 17.3. The van der Waals surface area contributed by atoms with Crippen LogP contribution in [0.1, 0.15) is 117 Å². The van der Waals surface area contributed by atoms with Crippen molar-refractivity contribution in [2.24, 2.45) is 5.92 Å². The Morgan fingerprint density at radius 3 is 1.29 bits per heavy atom. The molecule has 0 aliphatic heterocycles. The molecule has 0 unspecified atom stereocenters. The molecule has 0 fully saturated rings. The number of hydrogen-bond acceptors (Lipinski definition) is 0. The Labute approximate surface area is 141 Å². The van der Waals surface area contributed by atoms with Crippen LogP contribution in [-0.2, 0) is 0 Å². The molecule has 21 heavy (non-hydrogen) atoms. The van der Waals surface area contributed by atoms with Crippen LogP contribution < -0.4 is 0 Å². The highest BCUT2D eigenvalue weighted by Gasteiger charge is 2.00. The molecule has 0 radical (unpaired) electrons. The van der Waals surface area contributed by atoms with Crippen LogP contribution in [-0.4, -0.2) is 5.48 Å². The molecule has 0 saturated carbocycles. The Bertz CT molecular complexity index is 108. The molecule has 0 heterocycles. The van der Waals surface area contributed by atoms with Gasteiger partial charge in [0.25, 0.3) is 0 Å². The highest BCUT2D eigenvalue weighted by atomic mass is 16.0. The van der Waals surface area contributed by atoms with Gasteiger partial charge in [-0.15, -0.1) is 6.58 Å². The average molecular weight is 311 g/mol. The second-order valence-electron chi connectivity index (χ2n) is 3.93. The maximum Gasteiger partial charge on any atom is 0 e. The summed E-state index contributed by atoms with van der Waals surface area (Å²) in [5.41, 5.74) is 0. The van der Waals surface area contributed by atoms with Crippen LogP contribution in [0.15, 0.2) is 12.7 Å². The van der Waals surface area contributed by atoms with Gasteiger partial charge in [0.15, 0.2) is 0 Å². The fourth-order valence-corrected chi connectivity index (χ4v) is 1.22.